The number of pyridine rings is 1. The SMILES string of the molecule is CCOc1ccccc1NC(=O)C(CC)OC(=O)c1c2c(nc3ccccc13)CCN(C)C2. The number of likely N-dealkylation sites (N-methyl/N-ethyl adjacent to an activating group) is 1. The predicted octanol–water partition coefficient (Wildman–Crippen LogP) is 4.20. The number of nitrogens with zero attached hydrogens (tertiary/aromatic N) is 2. The number of esters is 1. The van der Waals surface area contributed by atoms with Crippen molar-refractivity contribution in [1.82, 2.24) is 9.88 Å². The molecule has 0 saturated heterocycles. The third-order valence-electron chi connectivity index (χ3n) is 5.80. The van der Waals surface area contributed by atoms with E-state index in [1.54, 1.807) is 12.1 Å². The molecular weight excluding hydrogens is 418 g/mol. The number of hydrogen-bond donors (Lipinski definition) is 1. The molecule has 0 saturated carbocycles. The zero-order valence-corrected chi connectivity index (χ0v) is 19.3. The molecule has 0 spiro atoms. The van der Waals surface area contributed by atoms with E-state index >= 15 is 0 Å². The van der Waals surface area contributed by atoms with E-state index in [2.05, 4.69) is 10.2 Å². The van der Waals surface area contributed by atoms with Crippen LogP contribution in [-0.2, 0) is 22.5 Å². The zero-order chi connectivity index (χ0) is 23.4. The van der Waals surface area contributed by atoms with E-state index in [1.807, 2.05) is 57.3 Å². The highest BCUT2D eigenvalue weighted by molar-refractivity contribution is 6.06. The number of fused-ring (bicyclic) bond motifs is 2. The van der Waals surface area contributed by atoms with E-state index in [4.69, 9.17) is 14.5 Å². The first kappa shape index (κ1) is 22.7. The minimum absolute atomic E-state index is 0.347. The van der Waals surface area contributed by atoms with Crippen LogP contribution in [0.2, 0.25) is 0 Å². The fourth-order valence-corrected chi connectivity index (χ4v) is 4.13. The number of rotatable bonds is 7. The summed E-state index contributed by atoms with van der Waals surface area (Å²) in [7, 11) is 2.02. The summed E-state index contributed by atoms with van der Waals surface area (Å²) in [5.41, 5.74) is 3.61. The highest BCUT2D eigenvalue weighted by Gasteiger charge is 2.29. The molecule has 0 radical (unpaired) electrons. The second kappa shape index (κ2) is 10.0. The molecule has 3 aromatic rings. The Morgan fingerprint density at radius 3 is 2.67 bits per heavy atom. The van der Waals surface area contributed by atoms with Gasteiger partial charge >= 0.3 is 5.97 Å². The maximum atomic E-state index is 13.5. The van der Waals surface area contributed by atoms with E-state index < -0.39 is 12.1 Å². The number of anilines is 1. The molecular formula is C26H29N3O4. The van der Waals surface area contributed by atoms with Crippen molar-refractivity contribution in [3.05, 3.63) is 65.4 Å². The van der Waals surface area contributed by atoms with Crippen molar-refractivity contribution in [1.29, 1.82) is 0 Å². The largest absolute Gasteiger partial charge is 0.492 e. The van der Waals surface area contributed by atoms with Crippen molar-refractivity contribution in [2.24, 2.45) is 0 Å². The lowest BCUT2D eigenvalue weighted by Gasteiger charge is -2.27. The predicted molar refractivity (Wildman–Crippen MR) is 128 cm³/mol. The van der Waals surface area contributed by atoms with Gasteiger partial charge in [-0.05, 0) is 38.6 Å². The summed E-state index contributed by atoms with van der Waals surface area (Å²) in [6.45, 7) is 5.67. The fraction of sp³-hybridized carbons (Fsp3) is 0.346. The molecule has 1 atom stereocenters. The summed E-state index contributed by atoms with van der Waals surface area (Å²) >= 11 is 0. The molecule has 1 unspecified atom stereocenters. The average Bonchev–Trinajstić information content (AvgIpc) is 2.82. The Morgan fingerprint density at radius 1 is 1.12 bits per heavy atom. The maximum absolute atomic E-state index is 13.5. The minimum Gasteiger partial charge on any atom is -0.492 e. The van der Waals surface area contributed by atoms with Crippen LogP contribution in [0.4, 0.5) is 5.69 Å². The van der Waals surface area contributed by atoms with Crippen LogP contribution in [0.15, 0.2) is 48.5 Å². The van der Waals surface area contributed by atoms with Crippen LogP contribution in [0.3, 0.4) is 0 Å². The molecule has 2 heterocycles. The van der Waals surface area contributed by atoms with Gasteiger partial charge in [-0.15, -0.1) is 0 Å². The molecule has 7 heteroatoms. The number of nitrogens with one attached hydrogen (secondary N) is 1. The van der Waals surface area contributed by atoms with E-state index in [1.165, 1.54) is 0 Å². The Balaban J connectivity index is 1.62. The average molecular weight is 448 g/mol. The smallest absolute Gasteiger partial charge is 0.340 e. The van der Waals surface area contributed by atoms with Crippen molar-refractivity contribution in [2.45, 2.75) is 39.3 Å². The van der Waals surface area contributed by atoms with Gasteiger partial charge < -0.3 is 19.7 Å². The Kier molecular flexibility index (Phi) is 6.89. The van der Waals surface area contributed by atoms with E-state index in [-0.39, 0.29) is 5.91 Å². The van der Waals surface area contributed by atoms with E-state index in [0.717, 1.165) is 35.1 Å². The van der Waals surface area contributed by atoms with Crippen LogP contribution in [-0.4, -0.2) is 48.1 Å². The highest BCUT2D eigenvalue weighted by Crippen LogP contribution is 2.29. The van der Waals surface area contributed by atoms with Gasteiger partial charge in [0.25, 0.3) is 5.91 Å². The highest BCUT2D eigenvalue weighted by atomic mass is 16.5. The lowest BCUT2D eigenvalue weighted by atomic mass is 9.96. The van der Waals surface area contributed by atoms with Gasteiger partial charge in [0.15, 0.2) is 6.10 Å². The number of amides is 1. The first-order valence-electron chi connectivity index (χ1n) is 11.3. The van der Waals surface area contributed by atoms with Crippen LogP contribution in [0.25, 0.3) is 10.9 Å². The third kappa shape index (κ3) is 4.83. The van der Waals surface area contributed by atoms with Gasteiger partial charge in [-0.3, -0.25) is 9.78 Å². The molecule has 0 aliphatic carbocycles. The number of hydrogen-bond acceptors (Lipinski definition) is 6. The lowest BCUT2D eigenvalue weighted by Crippen LogP contribution is -2.34. The molecule has 33 heavy (non-hydrogen) atoms. The summed E-state index contributed by atoms with van der Waals surface area (Å²) < 4.78 is 11.4. The maximum Gasteiger partial charge on any atom is 0.340 e. The molecule has 1 amide bonds. The zero-order valence-electron chi connectivity index (χ0n) is 19.3. The molecule has 7 nitrogen and oxygen atoms in total. The summed E-state index contributed by atoms with van der Waals surface area (Å²) in [6, 6.07) is 14.8. The van der Waals surface area contributed by atoms with Crippen molar-refractivity contribution < 1.29 is 19.1 Å². The topological polar surface area (TPSA) is 80.8 Å². The molecule has 4 rings (SSSR count). The van der Waals surface area contributed by atoms with Crippen molar-refractivity contribution in [3.8, 4) is 5.75 Å². The van der Waals surface area contributed by atoms with Gasteiger partial charge in [-0.25, -0.2) is 4.79 Å². The molecule has 1 aromatic heterocycles. The third-order valence-corrected chi connectivity index (χ3v) is 5.80. The van der Waals surface area contributed by atoms with Gasteiger partial charge in [-0.1, -0.05) is 37.3 Å². The summed E-state index contributed by atoms with van der Waals surface area (Å²) in [4.78, 5) is 33.4. The van der Waals surface area contributed by atoms with Crippen LogP contribution in [0, 0.1) is 0 Å². The van der Waals surface area contributed by atoms with Crippen LogP contribution < -0.4 is 10.1 Å². The van der Waals surface area contributed by atoms with Crippen molar-refractivity contribution in [2.75, 3.05) is 25.5 Å². The Bertz CT molecular complexity index is 1180. The number of benzene rings is 2. The molecule has 0 fully saturated rings. The van der Waals surface area contributed by atoms with Gasteiger partial charge in [0.2, 0.25) is 0 Å². The van der Waals surface area contributed by atoms with Gasteiger partial charge in [-0.2, -0.15) is 0 Å². The van der Waals surface area contributed by atoms with Gasteiger partial charge in [0.1, 0.15) is 5.75 Å². The van der Waals surface area contributed by atoms with Gasteiger partial charge in [0, 0.05) is 36.2 Å². The Hall–Kier alpha value is -3.45. The summed E-state index contributed by atoms with van der Waals surface area (Å²) in [5.74, 6) is -0.311. The van der Waals surface area contributed by atoms with Crippen molar-refractivity contribution in [3.63, 3.8) is 0 Å². The van der Waals surface area contributed by atoms with Crippen LogP contribution in [0.5, 0.6) is 5.75 Å². The Labute approximate surface area is 193 Å². The first-order chi connectivity index (χ1) is 16.0. The number of carbonyl (C=O) groups is 2. The number of ether oxygens (including phenoxy) is 2. The second-order valence-electron chi connectivity index (χ2n) is 8.14. The van der Waals surface area contributed by atoms with Crippen molar-refractivity contribution >= 4 is 28.5 Å². The van der Waals surface area contributed by atoms with Crippen LogP contribution >= 0.6 is 0 Å². The fourth-order valence-electron chi connectivity index (χ4n) is 4.13. The number of aromatic nitrogens is 1. The molecule has 1 aliphatic rings. The Morgan fingerprint density at radius 2 is 1.88 bits per heavy atom. The minimum atomic E-state index is -0.934. The monoisotopic (exact) mass is 447 g/mol. The molecule has 1 N–H and O–H groups in total. The molecule has 172 valence electrons. The first-order valence-corrected chi connectivity index (χ1v) is 11.3. The standard InChI is InChI=1S/C26H29N3O4/c1-4-22(25(30)28-21-12-8-9-13-23(21)32-5-2)33-26(31)24-17-10-6-7-11-19(17)27-20-14-15-29(3)16-18(20)24/h6-13,22H,4-5,14-16H2,1-3H3,(H,28,30). The second-order valence-corrected chi connectivity index (χ2v) is 8.14. The quantitative estimate of drug-likeness (QED) is 0.547. The lowest BCUT2D eigenvalue weighted by molar-refractivity contribution is -0.124. The van der Waals surface area contributed by atoms with Gasteiger partial charge in [0.05, 0.1) is 23.4 Å². The van der Waals surface area contributed by atoms with Crippen LogP contribution in [0.1, 0.15) is 41.9 Å². The molecule has 2 aromatic carbocycles. The summed E-state index contributed by atoms with van der Waals surface area (Å²) in [6.07, 6.45) is 0.179. The number of carbonyl (C=O) groups excluding carboxylic acids is 2. The van der Waals surface area contributed by atoms with E-state index in [9.17, 15) is 9.59 Å². The normalized spacial score (nSPS) is 14.4. The summed E-state index contributed by atoms with van der Waals surface area (Å²) in [5, 5.41) is 3.59. The molecule has 0 bridgehead atoms. The molecule has 1 aliphatic heterocycles. The van der Waals surface area contributed by atoms with E-state index in [0.29, 0.717) is 36.6 Å². The number of para-hydroxylation sites is 3.